The van der Waals surface area contributed by atoms with Crippen LogP contribution >= 0.6 is 0 Å². The summed E-state index contributed by atoms with van der Waals surface area (Å²) in [6.07, 6.45) is 1.65. The third kappa shape index (κ3) is 4.29. The Kier molecular flexibility index (Phi) is 6.01. The number of benzene rings is 1. The molecule has 3 rings (SSSR count). The van der Waals surface area contributed by atoms with Gasteiger partial charge in [0.1, 0.15) is 11.5 Å². The van der Waals surface area contributed by atoms with Gasteiger partial charge < -0.3 is 19.9 Å². The van der Waals surface area contributed by atoms with Gasteiger partial charge in [-0.3, -0.25) is 4.79 Å². The topological polar surface area (TPSA) is 57.7 Å². The first-order valence-corrected chi connectivity index (χ1v) is 8.66. The lowest BCUT2D eigenvalue weighted by Gasteiger charge is -2.36. The van der Waals surface area contributed by atoms with Gasteiger partial charge in [0.05, 0.1) is 24.2 Å². The van der Waals surface area contributed by atoms with E-state index in [1.54, 1.807) is 36.4 Å². The van der Waals surface area contributed by atoms with Crippen molar-refractivity contribution in [1.82, 2.24) is 9.88 Å². The van der Waals surface area contributed by atoms with E-state index in [0.717, 1.165) is 5.69 Å². The Labute approximate surface area is 152 Å². The quantitative estimate of drug-likeness (QED) is 0.803. The summed E-state index contributed by atoms with van der Waals surface area (Å²) in [7, 11) is 1.65. The Morgan fingerprint density at radius 3 is 2.62 bits per heavy atom. The Hall–Kier alpha value is -2.67. The average molecular weight is 358 g/mol. The fourth-order valence-electron chi connectivity index (χ4n) is 2.94. The molecule has 0 bridgehead atoms. The van der Waals surface area contributed by atoms with E-state index in [4.69, 9.17) is 4.74 Å². The van der Waals surface area contributed by atoms with E-state index in [1.807, 2.05) is 17.0 Å². The van der Waals surface area contributed by atoms with E-state index in [0.29, 0.717) is 50.7 Å². The number of amides is 1. The highest BCUT2D eigenvalue weighted by molar-refractivity contribution is 5.92. The molecule has 2 aromatic rings. The van der Waals surface area contributed by atoms with Gasteiger partial charge >= 0.3 is 0 Å². The van der Waals surface area contributed by atoms with Gasteiger partial charge in [0.25, 0.3) is 5.91 Å². The van der Waals surface area contributed by atoms with Crippen LogP contribution in [-0.2, 0) is 4.74 Å². The molecular formula is C19H23FN4O2. The maximum absolute atomic E-state index is 13.9. The Balaban J connectivity index is 1.56. The molecule has 0 atom stereocenters. The third-order valence-corrected chi connectivity index (χ3v) is 4.38. The molecule has 1 aliphatic rings. The standard InChI is InChI=1S/C19H23FN4O2/c1-26-13-8-21-15-6-7-17(22-14-15)19(25)24-11-9-23(10-12-24)18-5-3-2-4-16(18)20/h2-7,14,21H,8-13H2,1H3. The first-order chi connectivity index (χ1) is 12.7. The number of ether oxygens (including phenoxy) is 1. The predicted octanol–water partition coefficient (Wildman–Crippen LogP) is 2.24. The van der Waals surface area contributed by atoms with Crippen molar-refractivity contribution in [1.29, 1.82) is 0 Å². The number of carbonyl (C=O) groups is 1. The molecule has 1 fully saturated rings. The van der Waals surface area contributed by atoms with Crippen LogP contribution in [0.15, 0.2) is 42.6 Å². The van der Waals surface area contributed by atoms with Crippen molar-refractivity contribution in [2.75, 3.05) is 56.7 Å². The van der Waals surface area contributed by atoms with Gasteiger partial charge in [0.15, 0.2) is 0 Å². The molecule has 1 aromatic heterocycles. The van der Waals surface area contributed by atoms with Crippen molar-refractivity contribution >= 4 is 17.3 Å². The van der Waals surface area contributed by atoms with Crippen molar-refractivity contribution in [3.63, 3.8) is 0 Å². The minimum absolute atomic E-state index is 0.0957. The Bertz CT molecular complexity index is 731. The minimum atomic E-state index is -0.231. The van der Waals surface area contributed by atoms with E-state index in [1.165, 1.54) is 6.07 Å². The number of aromatic nitrogens is 1. The number of hydrogen-bond acceptors (Lipinski definition) is 5. The first kappa shape index (κ1) is 18.1. The number of methoxy groups -OCH3 is 1. The highest BCUT2D eigenvalue weighted by Gasteiger charge is 2.24. The smallest absolute Gasteiger partial charge is 0.272 e. The van der Waals surface area contributed by atoms with Crippen LogP contribution < -0.4 is 10.2 Å². The van der Waals surface area contributed by atoms with Gasteiger partial charge in [-0.1, -0.05) is 12.1 Å². The average Bonchev–Trinajstić information content (AvgIpc) is 2.69. The number of nitrogens with one attached hydrogen (secondary N) is 1. The molecule has 0 unspecified atom stereocenters. The molecule has 1 amide bonds. The lowest BCUT2D eigenvalue weighted by Crippen LogP contribution is -2.49. The molecule has 0 spiro atoms. The summed E-state index contributed by atoms with van der Waals surface area (Å²) in [5, 5.41) is 3.17. The van der Waals surface area contributed by atoms with E-state index < -0.39 is 0 Å². The highest BCUT2D eigenvalue weighted by atomic mass is 19.1. The molecule has 138 valence electrons. The fraction of sp³-hybridized carbons (Fsp3) is 0.368. The summed E-state index contributed by atoms with van der Waals surface area (Å²) in [5.41, 5.74) is 1.86. The zero-order chi connectivity index (χ0) is 18.4. The van der Waals surface area contributed by atoms with Crippen LogP contribution in [0.4, 0.5) is 15.8 Å². The maximum atomic E-state index is 13.9. The molecule has 0 radical (unpaired) electrons. The molecule has 1 aromatic carbocycles. The van der Waals surface area contributed by atoms with Crippen molar-refractivity contribution < 1.29 is 13.9 Å². The minimum Gasteiger partial charge on any atom is -0.383 e. The summed E-state index contributed by atoms with van der Waals surface area (Å²) in [4.78, 5) is 20.6. The summed E-state index contributed by atoms with van der Waals surface area (Å²) < 4.78 is 18.9. The highest BCUT2D eigenvalue weighted by Crippen LogP contribution is 2.20. The zero-order valence-corrected chi connectivity index (χ0v) is 14.8. The molecule has 6 nitrogen and oxygen atoms in total. The fourth-order valence-corrected chi connectivity index (χ4v) is 2.94. The zero-order valence-electron chi connectivity index (χ0n) is 14.8. The van der Waals surface area contributed by atoms with Gasteiger partial charge in [-0.05, 0) is 24.3 Å². The molecule has 26 heavy (non-hydrogen) atoms. The van der Waals surface area contributed by atoms with E-state index in [9.17, 15) is 9.18 Å². The number of pyridine rings is 1. The normalized spacial score (nSPS) is 14.4. The van der Waals surface area contributed by atoms with Gasteiger partial charge in [-0.2, -0.15) is 0 Å². The molecule has 1 N–H and O–H groups in total. The van der Waals surface area contributed by atoms with Crippen LogP contribution in [0.5, 0.6) is 0 Å². The van der Waals surface area contributed by atoms with E-state index in [2.05, 4.69) is 10.3 Å². The van der Waals surface area contributed by atoms with Crippen LogP contribution in [0.1, 0.15) is 10.5 Å². The van der Waals surface area contributed by atoms with E-state index in [-0.39, 0.29) is 11.7 Å². The van der Waals surface area contributed by atoms with Crippen LogP contribution in [0.2, 0.25) is 0 Å². The Morgan fingerprint density at radius 1 is 1.19 bits per heavy atom. The van der Waals surface area contributed by atoms with Gasteiger partial charge in [-0.15, -0.1) is 0 Å². The predicted molar refractivity (Wildman–Crippen MR) is 99.1 cm³/mol. The second kappa shape index (κ2) is 8.62. The van der Waals surface area contributed by atoms with Crippen LogP contribution in [0.25, 0.3) is 0 Å². The van der Waals surface area contributed by atoms with Crippen LogP contribution in [0.3, 0.4) is 0 Å². The lowest BCUT2D eigenvalue weighted by atomic mass is 10.2. The van der Waals surface area contributed by atoms with Crippen molar-refractivity contribution in [3.8, 4) is 0 Å². The summed E-state index contributed by atoms with van der Waals surface area (Å²) in [6, 6.07) is 10.3. The van der Waals surface area contributed by atoms with Crippen molar-refractivity contribution in [3.05, 3.63) is 54.1 Å². The SMILES string of the molecule is COCCNc1ccc(C(=O)N2CCN(c3ccccc3F)CC2)nc1. The number of rotatable bonds is 6. The Morgan fingerprint density at radius 2 is 1.96 bits per heavy atom. The van der Waals surface area contributed by atoms with Crippen molar-refractivity contribution in [2.45, 2.75) is 0 Å². The molecule has 2 heterocycles. The van der Waals surface area contributed by atoms with Gasteiger partial charge in [0.2, 0.25) is 0 Å². The third-order valence-electron chi connectivity index (χ3n) is 4.38. The molecular weight excluding hydrogens is 335 g/mol. The molecule has 0 saturated carbocycles. The molecule has 7 heteroatoms. The lowest BCUT2D eigenvalue weighted by molar-refractivity contribution is 0.0741. The first-order valence-electron chi connectivity index (χ1n) is 8.66. The van der Waals surface area contributed by atoms with Gasteiger partial charge in [0, 0.05) is 39.8 Å². The number of piperazine rings is 1. The number of hydrogen-bond donors (Lipinski definition) is 1. The second-order valence-corrected chi connectivity index (χ2v) is 6.08. The van der Waals surface area contributed by atoms with Gasteiger partial charge in [-0.25, -0.2) is 9.37 Å². The molecule has 0 aliphatic carbocycles. The monoisotopic (exact) mass is 358 g/mol. The number of halogens is 1. The number of anilines is 2. The van der Waals surface area contributed by atoms with Crippen LogP contribution in [-0.4, -0.2) is 62.2 Å². The van der Waals surface area contributed by atoms with Crippen molar-refractivity contribution in [2.24, 2.45) is 0 Å². The summed E-state index contributed by atoms with van der Waals surface area (Å²) in [6.45, 7) is 3.58. The van der Waals surface area contributed by atoms with E-state index >= 15 is 0 Å². The number of nitrogens with zero attached hydrogens (tertiary/aromatic N) is 3. The summed E-state index contributed by atoms with van der Waals surface area (Å²) >= 11 is 0. The molecule has 1 aliphatic heterocycles. The number of para-hydroxylation sites is 1. The largest absolute Gasteiger partial charge is 0.383 e. The summed E-state index contributed by atoms with van der Waals surface area (Å²) in [5.74, 6) is -0.327. The van der Waals surface area contributed by atoms with Crippen LogP contribution in [0, 0.1) is 5.82 Å². The number of carbonyl (C=O) groups excluding carboxylic acids is 1. The molecule has 1 saturated heterocycles. The second-order valence-electron chi connectivity index (χ2n) is 6.08. The maximum Gasteiger partial charge on any atom is 0.272 e.